The smallest absolute Gasteiger partial charge is 0.335 e. The minimum Gasteiger partial charge on any atom is -0.478 e. The van der Waals surface area contributed by atoms with Crippen molar-refractivity contribution in [2.24, 2.45) is 17.8 Å². The van der Waals surface area contributed by atoms with Crippen LogP contribution < -0.4 is 5.32 Å². The lowest BCUT2D eigenvalue weighted by molar-refractivity contribution is -0.00770. The highest BCUT2D eigenvalue weighted by Crippen LogP contribution is 2.61. The predicted octanol–water partition coefficient (Wildman–Crippen LogP) is 4.01. The van der Waals surface area contributed by atoms with Gasteiger partial charge in [-0.25, -0.2) is 9.48 Å². The fourth-order valence-electron chi connectivity index (χ4n) is 6.93. The first kappa shape index (κ1) is 15.7. The van der Waals surface area contributed by atoms with E-state index in [1.807, 2.05) is 16.8 Å². The highest BCUT2D eigenvalue weighted by atomic mass is 16.4. The van der Waals surface area contributed by atoms with Crippen LogP contribution >= 0.6 is 0 Å². The van der Waals surface area contributed by atoms with Gasteiger partial charge in [0.25, 0.3) is 0 Å². The molecule has 2 N–H and O–H groups in total. The predicted molar refractivity (Wildman–Crippen MR) is 103 cm³/mol. The number of carbonyl (C=O) groups is 1. The highest BCUT2D eigenvalue weighted by molar-refractivity contribution is 5.87. The number of rotatable bonds is 3. The number of aromatic nitrogens is 2. The standard InChI is InChI=1S/C22H25N3O2/c26-21(27)16-1-3-17(4-2-16)25-20-18(5-6-23-20)19(24-25)22-10-13-7-14(11-22)9-15(8-13)12-22/h1-4,13-15,23H,5-12H2,(H,26,27). The fraction of sp³-hybridized carbons (Fsp3) is 0.545. The molecule has 1 aliphatic heterocycles. The third-order valence-electron chi connectivity index (χ3n) is 7.55. The molecular formula is C22H25N3O2. The van der Waals surface area contributed by atoms with E-state index in [0.717, 1.165) is 42.2 Å². The van der Waals surface area contributed by atoms with Crippen LogP contribution in [0, 0.1) is 17.8 Å². The first-order valence-electron chi connectivity index (χ1n) is 10.3. The Labute approximate surface area is 158 Å². The van der Waals surface area contributed by atoms with Gasteiger partial charge in [0.15, 0.2) is 0 Å². The van der Waals surface area contributed by atoms with Gasteiger partial charge in [-0.1, -0.05) is 0 Å². The van der Waals surface area contributed by atoms with Gasteiger partial charge in [-0.05, 0) is 87.0 Å². The van der Waals surface area contributed by atoms with Gasteiger partial charge in [0.2, 0.25) is 0 Å². The van der Waals surface area contributed by atoms with Gasteiger partial charge in [0.05, 0.1) is 16.9 Å². The molecule has 1 aromatic heterocycles. The molecule has 2 aromatic rings. The molecule has 4 saturated carbocycles. The van der Waals surface area contributed by atoms with Crippen LogP contribution in [0.15, 0.2) is 24.3 Å². The Morgan fingerprint density at radius 1 is 1.07 bits per heavy atom. The Hall–Kier alpha value is -2.30. The van der Waals surface area contributed by atoms with E-state index in [1.54, 1.807) is 12.1 Å². The summed E-state index contributed by atoms with van der Waals surface area (Å²) in [4.78, 5) is 11.2. The lowest BCUT2D eigenvalue weighted by Crippen LogP contribution is -2.49. The number of nitrogens with zero attached hydrogens (tertiary/aromatic N) is 2. The molecule has 5 heteroatoms. The van der Waals surface area contributed by atoms with E-state index in [0.29, 0.717) is 5.56 Å². The molecule has 0 unspecified atom stereocenters. The number of carboxylic acids is 1. The Balaban J connectivity index is 1.45. The first-order chi connectivity index (χ1) is 13.1. The van der Waals surface area contributed by atoms with Crippen LogP contribution in [0.1, 0.15) is 60.1 Å². The number of hydrogen-bond acceptors (Lipinski definition) is 3. The highest BCUT2D eigenvalue weighted by Gasteiger charge is 2.54. The van der Waals surface area contributed by atoms with Crippen LogP contribution in [0.4, 0.5) is 5.82 Å². The largest absolute Gasteiger partial charge is 0.478 e. The molecule has 27 heavy (non-hydrogen) atoms. The average Bonchev–Trinajstić information content (AvgIpc) is 3.23. The van der Waals surface area contributed by atoms with Crippen molar-refractivity contribution in [2.75, 3.05) is 11.9 Å². The van der Waals surface area contributed by atoms with Gasteiger partial charge in [-0.15, -0.1) is 0 Å². The summed E-state index contributed by atoms with van der Waals surface area (Å²) in [6, 6.07) is 7.09. The quantitative estimate of drug-likeness (QED) is 0.865. The van der Waals surface area contributed by atoms with Crippen LogP contribution in [0.3, 0.4) is 0 Å². The number of nitrogens with one attached hydrogen (secondary N) is 1. The van der Waals surface area contributed by atoms with Crippen LogP contribution in [0.2, 0.25) is 0 Å². The number of aromatic carboxylic acids is 1. The van der Waals surface area contributed by atoms with Gasteiger partial charge < -0.3 is 10.4 Å². The summed E-state index contributed by atoms with van der Waals surface area (Å²) in [7, 11) is 0. The molecule has 140 valence electrons. The van der Waals surface area contributed by atoms with E-state index in [2.05, 4.69) is 5.32 Å². The van der Waals surface area contributed by atoms with E-state index in [9.17, 15) is 4.79 Å². The summed E-state index contributed by atoms with van der Waals surface area (Å²) >= 11 is 0. The third kappa shape index (κ3) is 2.23. The minimum atomic E-state index is -0.889. The van der Waals surface area contributed by atoms with E-state index in [-0.39, 0.29) is 5.41 Å². The van der Waals surface area contributed by atoms with Crippen molar-refractivity contribution >= 4 is 11.8 Å². The van der Waals surface area contributed by atoms with Gasteiger partial charge >= 0.3 is 5.97 Å². The normalized spacial score (nSPS) is 33.1. The van der Waals surface area contributed by atoms with Crippen molar-refractivity contribution in [2.45, 2.75) is 50.4 Å². The second-order valence-corrected chi connectivity index (χ2v) is 9.31. The molecule has 0 atom stereocenters. The summed E-state index contributed by atoms with van der Waals surface area (Å²) in [5.74, 6) is 2.95. The van der Waals surface area contributed by atoms with Crippen molar-refractivity contribution in [3.05, 3.63) is 41.1 Å². The van der Waals surface area contributed by atoms with Gasteiger partial charge in [-0.3, -0.25) is 0 Å². The summed E-state index contributed by atoms with van der Waals surface area (Å²) in [6.07, 6.45) is 9.34. The van der Waals surface area contributed by atoms with E-state index < -0.39 is 5.97 Å². The molecule has 0 amide bonds. The zero-order valence-electron chi connectivity index (χ0n) is 15.4. The maximum Gasteiger partial charge on any atom is 0.335 e. The van der Waals surface area contributed by atoms with E-state index >= 15 is 0 Å². The molecule has 4 fully saturated rings. The van der Waals surface area contributed by atoms with Crippen molar-refractivity contribution in [3.63, 3.8) is 0 Å². The molecule has 0 radical (unpaired) electrons. The second-order valence-electron chi connectivity index (χ2n) is 9.31. The molecule has 0 saturated heterocycles. The summed E-state index contributed by atoms with van der Waals surface area (Å²) < 4.78 is 2.03. The Bertz CT molecular complexity index is 892. The van der Waals surface area contributed by atoms with Crippen LogP contribution in [-0.4, -0.2) is 27.4 Å². The molecule has 1 aromatic carbocycles. The van der Waals surface area contributed by atoms with Crippen molar-refractivity contribution in [1.29, 1.82) is 0 Å². The second kappa shape index (κ2) is 5.37. The maximum absolute atomic E-state index is 11.2. The summed E-state index contributed by atoms with van der Waals surface area (Å²) in [6.45, 7) is 0.972. The average molecular weight is 363 g/mol. The Morgan fingerprint density at radius 3 is 2.30 bits per heavy atom. The number of fused-ring (bicyclic) bond motifs is 1. The molecule has 5 nitrogen and oxygen atoms in total. The fourth-order valence-corrected chi connectivity index (χ4v) is 6.93. The summed E-state index contributed by atoms with van der Waals surface area (Å²) in [5, 5.41) is 17.9. The zero-order chi connectivity index (χ0) is 18.2. The molecule has 5 aliphatic rings. The van der Waals surface area contributed by atoms with Crippen LogP contribution in [-0.2, 0) is 11.8 Å². The summed E-state index contributed by atoms with van der Waals surface area (Å²) in [5.41, 5.74) is 4.32. The monoisotopic (exact) mass is 363 g/mol. The van der Waals surface area contributed by atoms with Gasteiger partial charge in [-0.2, -0.15) is 5.10 Å². The lowest BCUT2D eigenvalue weighted by Gasteiger charge is -2.56. The first-order valence-corrected chi connectivity index (χ1v) is 10.3. The van der Waals surface area contributed by atoms with Crippen molar-refractivity contribution < 1.29 is 9.90 Å². The third-order valence-corrected chi connectivity index (χ3v) is 7.55. The Kier molecular flexibility index (Phi) is 3.13. The van der Waals surface area contributed by atoms with Gasteiger partial charge in [0.1, 0.15) is 5.82 Å². The van der Waals surface area contributed by atoms with Crippen LogP contribution in [0.5, 0.6) is 0 Å². The number of hydrogen-bond donors (Lipinski definition) is 2. The lowest BCUT2D eigenvalue weighted by atomic mass is 9.48. The topological polar surface area (TPSA) is 67.1 Å². The minimum absolute atomic E-state index is 0.289. The molecular weight excluding hydrogens is 338 g/mol. The van der Waals surface area contributed by atoms with Crippen LogP contribution in [0.25, 0.3) is 5.69 Å². The maximum atomic E-state index is 11.2. The zero-order valence-corrected chi connectivity index (χ0v) is 15.4. The Morgan fingerprint density at radius 2 is 1.70 bits per heavy atom. The number of carboxylic acid groups (broad SMARTS) is 1. The molecule has 0 spiro atoms. The molecule has 4 bridgehead atoms. The SMILES string of the molecule is O=C(O)c1ccc(-n2nc(C34CC5CC(CC(C5)C3)C4)c3c2NCC3)cc1. The van der Waals surface area contributed by atoms with Crippen molar-refractivity contribution in [1.82, 2.24) is 9.78 Å². The van der Waals surface area contributed by atoms with Crippen molar-refractivity contribution in [3.8, 4) is 5.69 Å². The van der Waals surface area contributed by atoms with E-state index in [4.69, 9.17) is 10.2 Å². The number of anilines is 1. The van der Waals surface area contributed by atoms with E-state index in [1.165, 1.54) is 49.8 Å². The molecule has 7 rings (SSSR count). The number of benzene rings is 1. The molecule has 2 heterocycles. The van der Waals surface area contributed by atoms with Gasteiger partial charge in [0, 0.05) is 17.5 Å². The molecule has 4 aliphatic carbocycles.